The van der Waals surface area contributed by atoms with Crippen molar-refractivity contribution in [2.24, 2.45) is 0 Å². The van der Waals surface area contributed by atoms with Gasteiger partial charge in [-0.3, -0.25) is 9.59 Å². The average molecular weight is 1250 g/mol. The van der Waals surface area contributed by atoms with Crippen molar-refractivity contribution in [3.8, 4) is 0 Å². The normalized spacial score (nSPS) is 15.9. The van der Waals surface area contributed by atoms with Gasteiger partial charge in [-0.2, -0.15) is 4.58 Å². The average Bonchev–Trinajstić information content (AvgIpc) is 1.65. The number of ether oxygens (including phenoxy) is 12. The van der Waals surface area contributed by atoms with E-state index in [1.165, 1.54) is 74.7 Å². The maximum Gasteiger partial charge on any atom is 0.335 e. The van der Waals surface area contributed by atoms with Gasteiger partial charge in [0.05, 0.1) is 170 Å². The molecule has 3 aliphatic rings. The number of anilines is 1. The lowest BCUT2D eigenvalue weighted by Gasteiger charge is -2.27. The van der Waals surface area contributed by atoms with Crippen molar-refractivity contribution in [1.82, 2.24) is 5.06 Å². The molecule has 492 valence electrons. The quantitative estimate of drug-likeness (QED) is 0.0176. The number of rotatable bonds is 48. The standard InChI is InChI=1S/C71H98N3O16/c1-6-7-17-31-72-61-26-24-57-18-13-15-20-59(57)68(61)70(2,3)63(72)22-11-9-8-10-12-23-64-71(4,5)69-60-21-16-14-19-58(60)25-27-62(69)73(64)32-34-79-36-38-81-40-42-83-44-46-85-48-50-87-52-54-89-56-55-88-53-51-86-49-47-84-45-43-82-41-39-80-37-35-78-33-30-67(77)90-74-65(75)28-29-66(74)76/h8-16,18-27H,6-7,17,28-56H2,1-5H3/q+1. The van der Waals surface area contributed by atoms with Crippen LogP contribution in [-0.4, -0.2) is 205 Å². The highest BCUT2D eigenvalue weighted by Crippen LogP contribution is 2.51. The fraction of sp³-hybridized carbons (Fsp3) is 0.549. The molecule has 1 saturated heterocycles. The van der Waals surface area contributed by atoms with Crippen LogP contribution in [0.2, 0.25) is 0 Å². The largest absolute Gasteiger partial charge is 0.378 e. The van der Waals surface area contributed by atoms with E-state index in [9.17, 15) is 14.4 Å². The third kappa shape index (κ3) is 22.4. The van der Waals surface area contributed by atoms with Crippen LogP contribution in [0.4, 0.5) is 11.4 Å². The Balaban J connectivity index is 0.650. The topological polar surface area (TPSA) is 181 Å². The van der Waals surface area contributed by atoms with Crippen molar-refractivity contribution >= 4 is 56.4 Å². The monoisotopic (exact) mass is 1250 g/mol. The van der Waals surface area contributed by atoms with Crippen LogP contribution in [0, 0.1) is 0 Å². The van der Waals surface area contributed by atoms with Crippen LogP contribution in [0.3, 0.4) is 0 Å². The number of unbranched alkanes of at least 4 members (excludes halogenated alkanes) is 2. The molecule has 0 N–H and O–H groups in total. The van der Waals surface area contributed by atoms with Crippen molar-refractivity contribution in [1.29, 1.82) is 0 Å². The molecule has 4 aromatic rings. The molecule has 0 aliphatic carbocycles. The van der Waals surface area contributed by atoms with Gasteiger partial charge in [-0.1, -0.05) is 112 Å². The van der Waals surface area contributed by atoms with E-state index < -0.39 is 17.8 Å². The number of amides is 2. The molecule has 19 nitrogen and oxygen atoms in total. The molecular formula is C71H98N3O16+. The first-order valence-electron chi connectivity index (χ1n) is 32.2. The molecule has 0 saturated carbocycles. The Kier molecular flexibility index (Phi) is 31.8. The van der Waals surface area contributed by atoms with E-state index in [1.807, 2.05) is 0 Å². The van der Waals surface area contributed by atoms with E-state index >= 15 is 0 Å². The van der Waals surface area contributed by atoms with E-state index in [4.69, 9.17) is 61.7 Å². The Morgan fingerprint density at radius 3 is 1.39 bits per heavy atom. The molecule has 0 unspecified atom stereocenters. The number of hydrogen-bond donors (Lipinski definition) is 0. The summed E-state index contributed by atoms with van der Waals surface area (Å²) in [5.41, 5.74) is 7.57. The molecule has 0 atom stereocenters. The summed E-state index contributed by atoms with van der Waals surface area (Å²) in [7, 11) is 0. The number of imide groups is 1. The maximum atomic E-state index is 11.7. The van der Waals surface area contributed by atoms with Crippen LogP contribution in [0.15, 0.2) is 121 Å². The lowest BCUT2D eigenvalue weighted by atomic mass is 9.79. The molecule has 0 aromatic heterocycles. The van der Waals surface area contributed by atoms with Crippen molar-refractivity contribution in [3.63, 3.8) is 0 Å². The molecule has 0 spiro atoms. The zero-order valence-electron chi connectivity index (χ0n) is 54.0. The van der Waals surface area contributed by atoms with Gasteiger partial charge >= 0.3 is 5.97 Å². The highest BCUT2D eigenvalue weighted by Gasteiger charge is 2.45. The lowest BCUT2D eigenvalue weighted by molar-refractivity contribution is -0.438. The predicted octanol–water partition coefficient (Wildman–Crippen LogP) is 10.1. The minimum atomic E-state index is -0.702. The smallest absolute Gasteiger partial charge is 0.335 e. The zero-order chi connectivity index (χ0) is 63.5. The molecular weight excluding hydrogens is 1150 g/mol. The van der Waals surface area contributed by atoms with Crippen LogP contribution in [0.25, 0.3) is 21.5 Å². The zero-order valence-corrected chi connectivity index (χ0v) is 54.0. The van der Waals surface area contributed by atoms with Gasteiger partial charge in [-0.05, 0) is 65.6 Å². The first-order valence-corrected chi connectivity index (χ1v) is 32.2. The highest BCUT2D eigenvalue weighted by molar-refractivity contribution is 6.08. The number of hydrogen-bond acceptors (Lipinski definition) is 17. The summed E-state index contributed by atoms with van der Waals surface area (Å²) in [5.74, 6) is -1.73. The van der Waals surface area contributed by atoms with E-state index in [0.29, 0.717) is 150 Å². The van der Waals surface area contributed by atoms with Gasteiger partial charge in [0.25, 0.3) is 11.8 Å². The predicted molar refractivity (Wildman–Crippen MR) is 348 cm³/mol. The molecule has 2 amide bonds. The third-order valence-electron chi connectivity index (χ3n) is 15.6. The number of nitrogens with zero attached hydrogens (tertiary/aromatic N) is 3. The van der Waals surface area contributed by atoms with Gasteiger partial charge in [0.15, 0.2) is 5.71 Å². The van der Waals surface area contributed by atoms with Crippen LogP contribution in [0.1, 0.15) is 84.3 Å². The van der Waals surface area contributed by atoms with E-state index in [1.54, 1.807) is 0 Å². The summed E-state index contributed by atoms with van der Waals surface area (Å²) >= 11 is 0. The fourth-order valence-corrected chi connectivity index (χ4v) is 11.2. The minimum absolute atomic E-state index is 0.0543. The van der Waals surface area contributed by atoms with Gasteiger partial charge in [0, 0.05) is 60.3 Å². The molecule has 3 aliphatic heterocycles. The number of benzene rings is 4. The molecule has 90 heavy (non-hydrogen) atoms. The van der Waals surface area contributed by atoms with Crippen molar-refractivity contribution in [2.75, 3.05) is 177 Å². The minimum Gasteiger partial charge on any atom is -0.378 e. The fourth-order valence-electron chi connectivity index (χ4n) is 11.2. The summed E-state index contributed by atoms with van der Waals surface area (Å²) in [5, 5.41) is 5.69. The second kappa shape index (κ2) is 40.1. The number of carbonyl (C=O) groups excluding carboxylic acids is 3. The summed E-state index contributed by atoms with van der Waals surface area (Å²) in [4.78, 5) is 41.9. The molecule has 3 heterocycles. The maximum absolute atomic E-state index is 11.7. The van der Waals surface area contributed by atoms with Crippen LogP contribution in [-0.2, 0) is 86.9 Å². The molecule has 0 radical (unpaired) electrons. The second-order valence-corrected chi connectivity index (χ2v) is 22.8. The van der Waals surface area contributed by atoms with Crippen molar-refractivity contribution in [2.45, 2.75) is 84.0 Å². The summed E-state index contributed by atoms with van der Waals surface area (Å²) in [6.07, 6.45) is 19.0. The molecule has 7 rings (SSSR count). The summed E-state index contributed by atoms with van der Waals surface area (Å²) in [6, 6.07) is 26.6. The molecule has 1 fully saturated rings. The van der Waals surface area contributed by atoms with Crippen LogP contribution in [0.5, 0.6) is 0 Å². The molecule has 19 heteroatoms. The SMILES string of the molecule is CCCCC[N+]1=C(/C=C/C=C/C=C/C=C2\N(CCOCCOCCOCCOCCOCCOCCOCCOCCOCCOCCOCCOCCC(=O)ON3C(=O)CCC3=O)c3ccc4ccccc4c3C2(C)C)C(C)(C)c2c1ccc1ccccc21. The second-order valence-electron chi connectivity index (χ2n) is 22.8. The van der Waals surface area contributed by atoms with Gasteiger partial charge in [0.1, 0.15) is 6.54 Å². The Bertz CT molecular complexity index is 2970. The van der Waals surface area contributed by atoms with Gasteiger partial charge in [-0.25, -0.2) is 4.79 Å². The van der Waals surface area contributed by atoms with E-state index in [-0.39, 0.29) is 43.3 Å². The number of fused-ring (bicyclic) bond motifs is 6. The Morgan fingerprint density at radius 2 is 0.900 bits per heavy atom. The van der Waals surface area contributed by atoms with Gasteiger partial charge < -0.3 is 66.6 Å². The van der Waals surface area contributed by atoms with Crippen molar-refractivity contribution in [3.05, 3.63) is 132 Å². The lowest BCUT2D eigenvalue weighted by Crippen LogP contribution is -2.32. The first-order chi connectivity index (χ1) is 44.0. The van der Waals surface area contributed by atoms with E-state index in [0.717, 1.165) is 13.1 Å². The van der Waals surface area contributed by atoms with Gasteiger partial charge in [-0.15, -0.1) is 5.06 Å². The number of carbonyl (C=O) groups is 3. The Labute approximate surface area is 532 Å². The van der Waals surface area contributed by atoms with E-state index in [2.05, 4.69) is 159 Å². The summed E-state index contributed by atoms with van der Waals surface area (Å²) < 4.78 is 69.8. The van der Waals surface area contributed by atoms with Gasteiger partial charge in [0.2, 0.25) is 5.69 Å². The number of hydroxylamine groups is 2. The summed E-state index contributed by atoms with van der Waals surface area (Å²) in [6.45, 7) is 23.9. The first kappa shape index (κ1) is 71.4. The van der Waals surface area contributed by atoms with Crippen molar-refractivity contribution < 1.29 is 80.6 Å². The number of allylic oxidation sites excluding steroid dienone is 8. The molecule has 4 aromatic carbocycles. The van der Waals surface area contributed by atoms with Crippen LogP contribution < -0.4 is 4.90 Å². The third-order valence-corrected chi connectivity index (χ3v) is 15.6. The molecule has 0 bridgehead atoms. The Morgan fingerprint density at radius 1 is 0.478 bits per heavy atom. The Hall–Kier alpha value is -6.04. The van der Waals surface area contributed by atoms with Crippen LogP contribution >= 0.6 is 0 Å². The highest BCUT2D eigenvalue weighted by atomic mass is 16.7.